The van der Waals surface area contributed by atoms with Crippen molar-refractivity contribution >= 4 is 16.6 Å². The zero-order valence-electron chi connectivity index (χ0n) is 14.7. The molecule has 0 unspecified atom stereocenters. The van der Waals surface area contributed by atoms with Gasteiger partial charge in [-0.3, -0.25) is 5.41 Å². The fourth-order valence-electron chi connectivity index (χ4n) is 2.84. The molecule has 4 nitrogen and oxygen atoms in total. The summed E-state index contributed by atoms with van der Waals surface area (Å²) in [4.78, 5) is 0. The van der Waals surface area contributed by atoms with E-state index in [1.165, 1.54) is 0 Å². The van der Waals surface area contributed by atoms with Gasteiger partial charge in [0.05, 0.1) is 7.11 Å². The van der Waals surface area contributed by atoms with Gasteiger partial charge in [-0.25, -0.2) is 0 Å². The number of hydrogen-bond donors (Lipinski definition) is 3. The van der Waals surface area contributed by atoms with Gasteiger partial charge in [0.2, 0.25) is 0 Å². The smallest absolute Gasteiger partial charge is 0.122 e. The maximum Gasteiger partial charge on any atom is 0.122 e. The van der Waals surface area contributed by atoms with Crippen molar-refractivity contribution in [3.8, 4) is 17.6 Å². The summed E-state index contributed by atoms with van der Waals surface area (Å²) in [7, 11) is 1.66. The van der Waals surface area contributed by atoms with Crippen molar-refractivity contribution in [3.63, 3.8) is 0 Å². The molecule has 0 heterocycles. The standard InChI is InChI=1S/C22H21N3O/c1-26-21-9-5-16(13-19(21)10-11-23)3-2-15-4-6-18-14-20(22(24)25)8-7-17(18)12-15/h4-9,12-14H,10-11,23H2,1H3,(H3,24,25). The van der Waals surface area contributed by atoms with Crippen LogP contribution in [0.1, 0.15) is 22.3 Å². The third-order valence-electron chi connectivity index (χ3n) is 4.20. The Kier molecular flexibility index (Phi) is 5.21. The van der Waals surface area contributed by atoms with Gasteiger partial charge in [-0.2, -0.15) is 0 Å². The fourth-order valence-corrected chi connectivity index (χ4v) is 2.84. The van der Waals surface area contributed by atoms with Gasteiger partial charge in [-0.15, -0.1) is 0 Å². The van der Waals surface area contributed by atoms with E-state index in [-0.39, 0.29) is 5.84 Å². The first-order valence-corrected chi connectivity index (χ1v) is 8.38. The number of ether oxygens (including phenoxy) is 1. The SMILES string of the molecule is COc1ccc(C#Cc2ccc3cc(C(=N)N)ccc3c2)cc1CCN. The highest BCUT2D eigenvalue weighted by Gasteiger charge is 2.03. The highest BCUT2D eigenvalue weighted by Crippen LogP contribution is 2.20. The molecular formula is C22H21N3O. The van der Waals surface area contributed by atoms with Gasteiger partial charge in [0.15, 0.2) is 0 Å². The molecule has 0 aliphatic rings. The normalized spacial score (nSPS) is 10.2. The molecule has 4 heteroatoms. The number of nitrogens with two attached hydrogens (primary N) is 2. The molecule has 130 valence electrons. The third-order valence-corrected chi connectivity index (χ3v) is 4.20. The molecule has 3 aromatic rings. The molecule has 3 aromatic carbocycles. The van der Waals surface area contributed by atoms with Crippen molar-refractivity contribution in [2.24, 2.45) is 11.5 Å². The molecule has 0 aliphatic heterocycles. The van der Waals surface area contributed by atoms with E-state index in [4.69, 9.17) is 21.6 Å². The van der Waals surface area contributed by atoms with Crippen molar-refractivity contribution in [2.45, 2.75) is 6.42 Å². The second-order valence-corrected chi connectivity index (χ2v) is 6.01. The van der Waals surface area contributed by atoms with Crippen LogP contribution < -0.4 is 16.2 Å². The maximum atomic E-state index is 7.53. The van der Waals surface area contributed by atoms with E-state index >= 15 is 0 Å². The number of hydrogen-bond acceptors (Lipinski definition) is 3. The van der Waals surface area contributed by atoms with E-state index in [1.807, 2.05) is 54.6 Å². The van der Waals surface area contributed by atoms with Crippen LogP contribution in [-0.2, 0) is 6.42 Å². The molecule has 3 rings (SSSR count). The Bertz CT molecular complexity index is 1030. The Morgan fingerprint density at radius 1 is 0.962 bits per heavy atom. The van der Waals surface area contributed by atoms with E-state index in [9.17, 15) is 0 Å². The van der Waals surface area contributed by atoms with Gasteiger partial charge in [-0.1, -0.05) is 30.0 Å². The predicted octanol–water partition coefficient (Wildman–Crippen LogP) is 3.03. The molecular weight excluding hydrogens is 322 g/mol. The molecule has 26 heavy (non-hydrogen) atoms. The molecule has 0 saturated heterocycles. The van der Waals surface area contributed by atoms with E-state index in [2.05, 4.69) is 11.8 Å². The van der Waals surface area contributed by atoms with Crippen molar-refractivity contribution in [3.05, 3.63) is 76.9 Å². The highest BCUT2D eigenvalue weighted by atomic mass is 16.5. The predicted molar refractivity (Wildman–Crippen MR) is 107 cm³/mol. The highest BCUT2D eigenvalue weighted by molar-refractivity contribution is 5.99. The van der Waals surface area contributed by atoms with Gasteiger partial charge >= 0.3 is 0 Å². The lowest BCUT2D eigenvalue weighted by Gasteiger charge is -2.07. The van der Waals surface area contributed by atoms with Gasteiger partial charge in [-0.05, 0) is 65.7 Å². The molecule has 0 atom stereocenters. The minimum atomic E-state index is 0.0727. The number of fused-ring (bicyclic) bond motifs is 1. The van der Waals surface area contributed by atoms with E-state index in [0.717, 1.165) is 45.2 Å². The molecule has 0 aromatic heterocycles. The molecule has 0 amide bonds. The summed E-state index contributed by atoms with van der Waals surface area (Å²) in [6.45, 7) is 0.570. The lowest BCUT2D eigenvalue weighted by molar-refractivity contribution is 0.409. The quantitative estimate of drug-likeness (QED) is 0.387. The number of benzene rings is 3. The zero-order chi connectivity index (χ0) is 18.5. The van der Waals surface area contributed by atoms with Crippen molar-refractivity contribution in [1.82, 2.24) is 0 Å². The first-order chi connectivity index (χ1) is 12.6. The van der Waals surface area contributed by atoms with Gasteiger partial charge in [0.1, 0.15) is 11.6 Å². The lowest BCUT2D eigenvalue weighted by Crippen LogP contribution is -2.10. The van der Waals surface area contributed by atoms with Crippen LogP contribution in [0.25, 0.3) is 10.8 Å². The number of methoxy groups -OCH3 is 1. The molecule has 0 bridgehead atoms. The second kappa shape index (κ2) is 7.73. The summed E-state index contributed by atoms with van der Waals surface area (Å²) in [5, 5.41) is 9.64. The minimum absolute atomic E-state index is 0.0727. The summed E-state index contributed by atoms with van der Waals surface area (Å²) in [5.41, 5.74) is 14.9. The molecule has 5 N–H and O–H groups in total. The van der Waals surface area contributed by atoms with Crippen LogP contribution in [-0.4, -0.2) is 19.5 Å². The van der Waals surface area contributed by atoms with Crippen LogP contribution >= 0.6 is 0 Å². The topological polar surface area (TPSA) is 85.1 Å². The Morgan fingerprint density at radius 2 is 1.62 bits per heavy atom. The van der Waals surface area contributed by atoms with Gasteiger partial charge in [0, 0.05) is 16.7 Å². The van der Waals surface area contributed by atoms with Crippen LogP contribution in [0.3, 0.4) is 0 Å². The molecule has 0 saturated carbocycles. The maximum absolute atomic E-state index is 7.53. The Hall–Kier alpha value is -3.29. The van der Waals surface area contributed by atoms with Crippen LogP contribution in [0.4, 0.5) is 0 Å². The largest absolute Gasteiger partial charge is 0.496 e. The fraction of sp³-hybridized carbons (Fsp3) is 0.136. The molecule has 0 fully saturated rings. The first-order valence-electron chi connectivity index (χ1n) is 8.38. The Labute approximate surface area is 153 Å². The average Bonchev–Trinajstić information content (AvgIpc) is 2.66. The monoisotopic (exact) mass is 343 g/mol. The minimum Gasteiger partial charge on any atom is -0.496 e. The number of nitrogens with one attached hydrogen (secondary N) is 1. The number of rotatable bonds is 4. The molecule has 0 aliphatic carbocycles. The van der Waals surface area contributed by atoms with Gasteiger partial charge < -0.3 is 16.2 Å². The Morgan fingerprint density at radius 3 is 2.31 bits per heavy atom. The lowest BCUT2D eigenvalue weighted by atomic mass is 10.0. The van der Waals surface area contributed by atoms with Crippen LogP contribution in [0.2, 0.25) is 0 Å². The third kappa shape index (κ3) is 3.85. The summed E-state index contributed by atoms with van der Waals surface area (Å²) in [5.74, 6) is 7.33. The first kappa shape index (κ1) is 17.5. The molecule has 0 radical (unpaired) electrons. The molecule has 0 spiro atoms. The van der Waals surface area contributed by atoms with Gasteiger partial charge in [0.25, 0.3) is 0 Å². The van der Waals surface area contributed by atoms with Crippen LogP contribution in [0, 0.1) is 17.3 Å². The van der Waals surface area contributed by atoms with Crippen LogP contribution in [0.5, 0.6) is 5.75 Å². The zero-order valence-corrected chi connectivity index (χ0v) is 14.7. The average molecular weight is 343 g/mol. The Balaban J connectivity index is 1.91. The second-order valence-electron chi connectivity index (χ2n) is 6.01. The number of nitrogen functional groups attached to an aromatic ring is 1. The van der Waals surface area contributed by atoms with Crippen molar-refractivity contribution < 1.29 is 4.74 Å². The van der Waals surface area contributed by atoms with Crippen molar-refractivity contribution in [2.75, 3.05) is 13.7 Å². The van der Waals surface area contributed by atoms with E-state index < -0.39 is 0 Å². The summed E-state index contributed by atoms with van der Waals surface area (Å²) < 4.78 is 5.36. The van der Waals surface area contributed by atoms with E-state index in [1.54, 1.807) is 7.11 Å². The summed E-state index contributed by atoms with van der Waals surface area (Å²) in [6, 6.07) is 17.6. The van der Waals surface area contributed by atoms with Crippen LogP contribution in [0.15, 0.2) is 54.6 Å². The van der Waals surface area contributed by atoms with E-state index in [0.29, 0.717) is 6.54 Å². The number of amidine groups is 1. The summed E-state index contributed by atoms with van der Waals surface area (Å²) in [6.07, 6.45) is 0.757. The summed E-state index contributed by atoms with van der Waals surface area (Å²) >= 11 is 0. The van der Waals surface area contributed by atoms with Crippen molar-refractivity contribution in [1.29, 1.82) is 5.41 Å².